The predicted octanol–water partition coefficient (Wildman–Crippen LogP) is 3.82. The van der Waals surface area contributed by atoms with Crippen LogP contribution in [0.5, 0.6) is 0 Å². The molecule has 0 saturated carbocycles. The molecular formula is C21H24N4OS. The van der Waals surface area contributed by atoms with Crippen molar-refractivity contribution in [3.8, 4) is 0 Å². The molecule has 5 nitrogen and oxygen atoms in total. The number of hydrogen-bond acceptors (Lipinski definition) is 5. The number of benzene rings is 2. The van der Waals surface area contributed by atoms with Crippen LogP contribution >= 0.6 is 11.8 Å². The molecule has 2 N–H and O–H groups in total. The Morgan fingerprint density at radius 3 is 2.67 bits per heavy atom. The first-order chi connectivity index (χ1) is 13.2. The van der Waals surface area contributed by atoms with E-state index in [1.807, 2.05) is 43.3 Å². The number of aromatic nitrogens is 2. The summed E-state index contributed by atoms with van der Waals surface area (Å²) >= 11 is 1.36. The molecular weight excluding hydrogens is 356 g/mol. The number of nitrogens with zero attached hydrogens (tertiary/aromatic N) is 2. The normalized spacial score (nSPS) is 10.7. The van der Waals surface area contributed by atoms with Crippen molar-refractivity contribution >= 4 is 34.4 Å². The molecule has 3 aromatic rings. The van der Waals surface area contributed by atoms with E-state index in [4.69, 9.17) is 0 Å². The zero-order valence-electron chi connectivity index (χ0n) is 15.7. The molecule has 0 aliphatic rings. The van der Waals surface area contributed by atoms with Crippen molar-refractivity contribution in [2.45, 2.75) is 25.4 Å². The second-order valence-electron chi connectivity index (χ2n) is 6.22. The van der Waals surface area contributed by atoms with E-state index in [-0.39, 0.29) is 5.91 Å². The monoisotopic (exact) mass is 380 g/mol. The Balaban J connectivity index is 1.56. The minimum absolute atomic E-state index is 0.00431. The molecule has 0 unspecified atom stereocenters. The lowest BCUT2D eigenvalue weighted by Gasteiger charge is -2.09. The number of anilines is 1. The van der Waals surface area contributed by atoms with Gasteiger partial charge in [-0.3, -0.25) is 4.79 Å². The van der Waals surface area contributed by atoms with Crippen molar-refractivity contribution in [3.05, 3.63) is 59.7 Å². The topological polar surface area (TPSA) is 66.9 Å². The van der Waals surface area contributed by atoms with Gasteiger partial charge in [0.05, 0.1) is 11.3 Å². The Hall–Kier alpha value is -2.60. The predicted molar refractivity (Wildman–Crippen MR) is 112 cm³/mol. The van der Waals surface area contributed by atoms with Crippen molar-refractivity contribution in [3.63, 3.8) is 0 Å². The summed E-state index contributed by atoms with van der Waals surface area (Å²) < 4.78 is 0. The average Bonchev–Trinajstić information content (AvgIpc) is 2.68. The van der Waals surface area contributed by atoms with Crippen LogP contribution in [0.1, 0.15) is 18.1 Å². The molecule has 0 fully saturated rings. The molecule has 6 heteroatoms. The lowest BCUT2D eigenvalue weighted by atomic mass is 10.1. The first-order valence-electron chi connectivity index (χ1n) is 9.12. The molecule has 0 radical (unpaired) electrons. The summed E-state index contributed by atoms with van der Waals surface area (Å²) in [7, 11) is 0. The largest absolute Gasteiger partial charge is 0.370 e. The Bertz CT molecular complexity index is 929. The maximum absolute atomic E-state index is 12.2. The van der Waals surface area contributed by atoms with Crippen LogP contribution in [-0.4, -0.2) is 34.7 Å². The van der Waals surface area contributed by atoms with Gasteiger partial charge in [0.1, 0.15) is 5.82 Å². The SMILES string of the molecule is CCNc1nc(SCC(=O)NCCc2ccccc2C)nc2ccccc12. The number of carbonyl (C=O) groups is 1. The Labute approximate surface area is 164 Å². The van der Waals surface area contributed by atoms with Crippen LogP contribution in [0, 0.1) is 6.92 Å². The molecule has 0 bridgehead atoms. The Morgan fingerprint density at radius 2 is 1.85 bits per heavy atom. The first kappa shape index (κ1) is 19.2. The van der Waals surface area contributed by atoms with Crippen molar-refractivity contribution in [1.29, 1.82) is 0 Å². The van der Waals surface area contributed by atoms with E-state index in [1.54, 1.807) is 0 Å². The highest BCUT2D eigenvalue weighted by molar-refractivity contribution is 7.99. The summed E-state index contributed by atoms with van der Waals surface area (Å²) in [5.41, 5.74) is 3.39. The van der Waals surface area contributed by atoms with Gasteiger partial charge in [-0.1, -0.05) is 48.2 Å². The molecule has 0 spiro atoms. The third-order valence-corrected chi connectivity index (χ3v) is 5.08. The maximum Gasteiger partial charge on any atom is 0.230 e. The van der Waals surface area contributed by atoms with E-state index in [0.717, 1.165) is 29.7 Å². The zero-order valence-corrected chi connectivity index (χ0v) is 16.5. The van der Waals surface area contributed by atoms with Gasteiger partial charge in [-0.15, -0.1) is 0 Å². The van der Waals surface area contributed by atoms with E-state index < -0.39 is 0 Å². The summed E-state index contributed by atoms with van der Waals surface area (Å²) in [5.74, 6) is 1.11. The van der Waals surface area contributed by atoms with Gasteiger partial charge in [0, 0.05) is 18.5 Å². The van der Waals surface area contributed by atoms with Crippen LogP contribution in [0.25, 0.3) is 10.9 Å². The summed E-state index contributed by atoms with van der Waals surface area (Å²) in [6.45, 7) is 5.54. The number of para-hydroxylation sites is 1. The van der Waals surface area contributed by atoms with E-state index >= 15 is 0 Å². The number of nitrogens with one attached hydrogen (secondary N) is 2. The summed E-state index contributed by atoms with van der Waals surface area (Å²) in [6.07, 6.45) is 0.833. The number of aryl methyl sites for hydroxylation is 1. The quantitative estimate of drug-likeness (QED) is 0.459. The Kier molecular flexibility index (Phi) is 6.65. The number of carbonyl (C=O) groups excluding carboxylic acids is 1. The molecule has 3 rings (SSSR count). The van der Waals surface area contributed by atoms with Gasteiger partial charge >= 0.3 is 0 Å². The number of rotatable bonds is 8. The number of amides is 1. The number of hydrogen-bond donors (Lipinski definition) is 2. The summed E-state index contributed by atoms with van der Waals surface area (Å²) in [5, 5.41) is 7.85. The van der Waals surface area contributed by atoms with Crippen molar-refractivity contribution in [2.75, 3.05) is 24.2 Å². The molecule has 0 aliphatic heterocycles. The van der Waals surface area contributed by atoms with Crippen LogP contribution in [0.15, 0.2) is 53.7 Å². The molecule has 27 heavy (non-hydrogen) atoms. The van der Waals surface area contributed by atoms with Crippen LogP contribution < -0.4 is 10.6 Å². The highest BCUT2D eigenvalue weighted by Crippen LogP contribution is 2.24. The fourth-order valence-corrected chi connectivity index (χ4v) is 3.51. The molecule has 0 atom stereocenters. The molecule has 1 amide bonds. The highest BCUT2D eigenvalue weighted by Gasteiger charge is 2.09. The second-order valence-corrected chi connectivity index (χ2v) is 7.16. The van der Waals surface area contributed by atoms with Gasteiger partial charge in [-0.25, -0.2) is 9.97 Å². The van der Waals surface area contributed by atoms with Crippen molar-refractivity contribution in [2.24, 2.45) is 0 Å². The van der Waals surface area contributed by atoms with Crippen LogP contribution in [0.2, 0.25) is 0 Å². The van der Waals surface area contributed by atoms with E-state index in [9.17, 15) is 4.79 Å². The standard InChI is InChI=1S/C21H24N4OS/c1-3-22-20-17-10-6-7-11-18(17)24-21(25-20)27-14-19(26)23-13-12-16-9-5-4-8-15(16)2/h4-11H,3,12-14H2,1-2H3,(H,23,26)(H,22,24,25). The average molecular weight is 381 g/mol. The van der Waals surface area contributed by atoms with Gasteiger partial charge < -0.3 is 10.6 Å². The first-order valence-corrected chi connectivity index (χ1v) is 10.1. The van der Waals surface area contributed by atoms with Gasteiger partial charge in [-0.2, -0.15) is 0 Å². The summed E-state index contributed by atoms with van der Waals surface area (Å²) in [6, 6.07) is 16.1. The fourth-order valence-electron chi connectivity index (χ4n) is 2.83. The second kappa shape index (κ2) is 9.37. The fraction of sp³-hybridized carbons (Fsp3) is 0.286. The van der Waals surface area contributed by atoms with Crippen molar-refractivity contribution in [1.82, 2.24) is 15.3 Å². The molecule has 0 aliphatic carbocycles. The third-order valence-electron chi connectivity index (χ3n) is 4.24. The van der Waals surface area contributed by atoms with Crippen LogP contribution in [-0.2, 0) is 11.2 Å². The van der Waals surface area contributed by atoms with E-state index in [0.29, 0.717) is 17.5 Å². The lowest BCUT2D eigenvalue weighted by Crippen LogP contribution is -2.27. The Morgan fingerprint density at radius 1 is 1.07 bits per heavy atom. The minimum atomic E-state index is -0.00431. The van der Waals surface area contributed by atoms with Gasteiger partial charge in [0.2, 0.25) is 5.91 Å². The lowest BCUT2D eigenvalue weighted by molar-refractivity contribution is -0.118. The molecule has 140 valence electrons. The minimum Gasteiger partial charge on any atom is -0.370 e. The van der Waals surface area contributed by atoms with E-state index in [2.05, 4.69) is 39.7 Å². The molecule has 2 aromatic carbocycles. The van der Waals surface area contributed by atoms with Gasteiger partial charge in [0.25, 0.3) is 0 Å². The van der Waals surface area contributed by atoms with E-state index in [1.165, 1.54) is 22.9 Å². The highest BCUT2D eigenvalue weighted by atomic mass is 32.2. The number of thioether (sulfide) groups is 1. The molecule has 1 aromatic heterocycles. The maximum atomic E-state index is 12.2. The van der Waals surface area contributed by atoms with Crippen LogP contribution in [0.3, 0.4) is 0 Å². The zero-order chi connectivity index (χ0) is 19.1. The third kappa shape index (κ3) is 5.20. The molecule has 1 heterocycles. The van der Waals surface area contributed by atoms with Crippen molar-refractivity contribution < 1.29 is 4.79 Å². The number of fused-ring (bicyclic) bond motifs is 1. The van der Waals surface area contributed by atoms with Crippen LogP contribution in [0.4, 0.5) is 5.82 Å². The summed E-state index contributed by atoms with van der Waals surface area (Å²) in [4.78, 5) is 21.3. The van der Waals surface area contributed by atoms with Gasteiger partial charge in [0.15, 0.2) is 5.16 Å². The molecule has 0 saturated heterocycles. The van der Waals surface area contributed by atoms with Gasteiger partial charge in [-0.05, 0) is 43.5 Å². The smallest absolute Gasteiger partial charge is 0.230 e.